The van der Waals surface area contributed by atoms with Crippen molar-refractivity contribution in [1.29, 1.82) is 0 Å². The lowest BCUT2D eigenvalue weighted by Gasteiger charge is -2.03. The van der Waals surface area contributed by atoms with Gasteiger partial charge in [-0.15, -0.1) is 0 Å². The predicted octanol–water partition coefficient (Wildman–Crippen LogP) is 2.12. The normalized spacial score (nSPS) is 10.7. The maximum Gasteiger partial charge on any atom is 0.267 e. The van der Waals surface area contributed by atoms with Crippen LogP contribution in [0.4, 0.5) is 5.69 Å². The van der Waals surface area contributed by atoms with Gasteiger partial charge in [-0.1, -0.05) is 12.1 Å². The van der Waals surface area contributed by atoms with Crippen molar-refractivity contribution >= 4 is 22.5 Å². The molecule has 106 valence electrons. The fraction of sp³-hybridized carbons (Fsp3) is 0.125. The molecule has 0 aliphatic rings. The highest BCUT2D eigenvalue weighted by molar-refractivity contribution is 6.00. The molecule has 0 aliphatic carbocycles. The van der Waals surface area contributed by atoms with Gasteiger partial charge >= 0.3 is 0 Å². The van der Waals surface area contributed by atoms with E-state index >= 15 is 0 Å². The molecule has 3 aromatic rings. The molecule has 0 saturated heterocycles. The summed E-state index contributed by atoms with van der Waals surface area (Å²) >= 11 is 0. The number of pyridine rings is 1. The first-order valence-corrected chi connectivity index (χ1v) is 6.78. The Morgan fingerprint density at radius 1 is 1.24 bits per heavy atom. The summed E-state index contributed by atoms with van der Waals surface area (Å²) in [6.07, 6.45) is 4.27. The quantitative estimate of drug-likeness (QED) is 0.640. The molecule has 0 fully saturated rings. The number of hydrogen-bond donors (Lipinski definition) is 3. The molecule has 0 atom stereocenters. The summed E-state index contributed by atoms with van der Waals surface area (Å²) in [5.74, 6) is -0.125. The van der Waals surface area contributed by atoms with E-state index in [4.69, 9.17) is 5.73 Å². The average molecular weight is 280 g/mol. The topological polar surface area (TPSA) is 83.8 Å². The number of carbonyl (C=O) groups excluding carboxylic acids is 1. The Bertz CT molecular complexity index is 764. The lowest BCUT2D eigenvalue weighted by Crippen LogP contribution is -2.25. The van der Waals surface area contributed by atoms with Crippen LogP contribution in [0.15, 0.2) is 48.8 Å². The first-order chi connectivity index (χ1) is 10.2. The molecule has 2 aromatic heterocycles. The smallest absolute Gasteiger partial charge is 0.267 e. The number of nitrogen functional groups attached to an aromatic ring is 1. The monoisotopic (exact) mass is 280 g/mol. The van der Waals surface area contributed by atoms with Crippen molar-refractivity contribution in [2.45, 2.75) is 6.42 Å². The van der Waals surface area contributed by atoms with E-state index in [0.29, 0.717) is 17.9 Å². The van der Waals surface area contributed by atoms with Crippen LogP contribution in [0.3, 0.4) is 0 Å². The summed E-state index contributed by atoms with van der Waals surface area (Å²) < 4.78 is 0. The molecule has 1 aromatic carbocycles. The number of fused-ring (bicyclic) bond motifs is 1. The zero-order valence-electron chi connectivity index (χ0n) is 11.5. The predicted molar refractivity (Wildman–Crippen MR) is 83.0 cm³/mol. The second-order valence-corrected chi connectivity index (χ2v) is 4.86. The Morgan fingerprint density at radius 2 is 2.05 bits per heavy atom. The molecule has 1 amide bonds. The molecule has 3 rings (SSSR count). The van der Waals surface area contributed by atoms with Crippen LogP contribution in [0.5, 0.6) is 0 Å². The van der Waals surface area contributed by atoms with Crippen molar-refractivity contribution in [3.05, 3.63) is 60.0 Å². The summed E-state index contributed by atoms with van der Waals surface area (Å²) in [5, 5.41) is 3.84. The van der Waals surface area contributed by atoms with Crippen LogP contribution in [-0.4, -0.2) is 22.4 Å². The summed E-state index contributed by atoms with van der Waals surface area (Å²) in [6.45, 7) is 0.577. The maximum absolute atomic E-state index is 12.1. The number of anilines is 1. The van der Waals surface area contributed by atoms with E-state index in [0.717, 1.165) is 22.9 Å². The molecular weight excluding hydrogens is 264 g/mol. The number of aromatic nitrogens is 2. The third-order valence-electron chi connectivity index (χ3n) is 3.38. The molecule has 0 aliphatic heterocycles. The Kier molecular flexibility index (Phi) is 3.55. The zero-order valence-corrected chi connectivity index (χ0v) is 11.5. The number of nitrogens with zero attached hydrogens (tertiary/aromatic N) is 1. The molecule has 0 unspecified atom stereocenters. The second kappa shape index (κ2) is 5.66. The first kappa shape index (κ1) is 13.2. The van der Waals surface area contributed by atoms with Gasteiger partial charge in [-0.25, -0.2) is 0 Å². The van der Waals surface area contributed by atoms with Crippen molar-refractivity contribution in [3.63, 3.8) is 0 Å². The number of para-hydroxylation sites is 1. The van der Waals surface area contributed by atoms with Crippen molar-refractivity contribution in [2.24, 2.45) is 0 Å². The lowest BCUT2D eigenvalue weighted by atomic mass is 10.2. The molecule has 0 spiro atoms. The molecule has 2 heterocycles. The number of benzene rings is 1. The van der Waals surface area contributed by atoms with Gasteiger partial charge in [-0.3, -0.25) is 9.78 Å². The molecular formula is C16H16N4O. The minimum absolute atomic E-state index is 0.125. The Balaban J connectivity index is 1.65. The maximum atomic E-state index is 12.1. The van der Waals surface area contributed by atoms with Gasteiger partial charge in [0, 0.05) is 24.3 Å². The van der Waals surface area contributed by atoms with Gasteiger partial charge in [0.15, 0.2) is 0 Å². The highest BCUT2D eigenvalue weighted by atomic mass is 16.1. The number of carbonyl (C=O) groups is 1. The van der Waals surface area contributed by atoms with Crippen LogP contribution >= 0.6 is 0 Å². The molecule has 0 radical (unpaired) electrons. The largest absolute Gasteiger partial charge is 0.397 e. The Hall–Kier alpha value is -2.82. The second-order valence-electron chi connectivity index (χ2n) is 4.86. The minimum Gasteiger partial charge on any atom is -0.397 e. The highest BCUT2D eigenvalue weighted by Gasteiger charge is 2.10. The van der Waals surface area contributed by atoms with Gasteiger partial charge in [-0.05, 0) is 36.2 Å². The van der Waals surface area contributed by atoms with Crippen LogP contribution in [0.25, 0.3) is 10.9 Å². The molecule has 0 saturated carbocycles. The lowest BCUT2D eigenvalue weighted by molar-refractivity contribution is 0.0950. The summed E-state index contributed by atoms with van der Waals surface area (Å²) in [7, 11) is 0. The third-order valence-corrected chi connectivity index (χ3v) is 3.38. The van der Waals surface area contributed by atoms with Gasteiger partial charge < -0.3 is 16.0 Å². The van der Waals surface area contributed by atoms with E-state index in [1.54, 1.807) is 12.4 Å². The Morgan fingerprint density at radius 3 is 2.81 bits per heavy atom. The number of nitrogens with two attached hydrogens (primary N) is 1. The van der Waals surface area contributed by atoms with Crippen molar-refractivity contribution < 1.29 is 4.79 Å². The van der Waals surface area contributed by atoms with Gasteiger partial charge in [0.1, 0.15) is 5.69 Å². The SMILES string of the molecule is Nc1cccc2cc(C(=O)NCCc3ccncc3)[nH]c12. The minimum atomic E-state index is -0.125. The van der Waals surface area contributed by atoms with Crippen molar-refractivity contribution in [3.8, 4) is 0 Å². The van der Waals surface area contributed by atoms with E-state index in [1.807, 2.05) is 36.4 Å². The summed E-state index contributed by atoms with van der Waals surface area (Å²) in [5.41, 5.74) is 8.99. The Labute approximate surface area is 122 Å². The molecule has 4 N–H and O–H groups in total. The summed E-state index contributed by atoms with van der Waals surface area (Å²) in [6, 6.07) is 11.3. The van der Waals surface area contributed by atoms with Gasteiger partial charge in [0.25, 0.3) is 5.91 Å². The zero-order chi connectivity index (χ0) is 14.7. The van der Waals surface area contributed by atoms with Gasteiger partial charge in [0.05, 0.1) is 11.2 Å². The number of amides is 1. The fourth-order valence-corrected chi connectivity index (χ4v) is 2.27. The summed E-state index contributed by atoms with van der Waals surface area (Å²) in [4.78, 5) is 19.2. The number of hydrogen-bond acceptors (Lipinski definition) is 3. The van der Waals surface area contributed by atoms with Gasteiger partial charge in [0.2, 0.25) is 0 Å². The highest BCUT2D eigenvalue weighted by Crippen LogP contribution is 2.20. The molecule has 21 heavy (non-hydrogen) atoms. The van der Waals surface area contributed by atoms with E-state index < -0.39 is 0 Å². The number of aromatic amines is 1. The fourth-order valence-electron chi connectivity index (χ4n) is 2.27. The van der Waals surface area contributed by atoms with Crippen molar-refractivity contribution in [2.75, 3.05) is 12.3 Å². The van der Waals surface area contributed by atoms with Crippen LogP contribution < -0.4 is 11.1 Å². The van der Waals surface area contributed by atoms with Crippen LogP contribution in [0, 0.1) is 0 Å². The van der Waals surface area contributed by atoms with Gasteiger partial charge in [-0.2, -0.15) is 0 Å². The van der Waals surface area contributed by atoms with E-state index in [9.17, 15) is 4.79 Å². The standard InChI is InChI=1S/C16H16N4O/c17-13-3-1-2-12-10-14(20-15(12)13)16(21)19-9-6-11-4-7-18-8-5-11/h1-5,7-8,10,20H,6,9,17H2,(H,19,21). The third kappa shape index (κ3) is 2.86. The molecule has 0 bridgehead atoms. The van der Waals surface area contributed by atoms with Crippen LogP contribution in [0.1, 0.15) is 16.1 Å². The number of rotatable bonds is 4. The van der Waals surface area contributed by atoms with Crippen molar-refractivity contribution in [1.82, 2.24) is 15.3 Å². The number of H-pyrrole nitrogens is 1. The molecule has 5 heteroatoms. The van der Waals surface area contributed by atoms with Crippen LogP contribution in [-0.2, 0) is 6.42 Å². The van der Waals surface area contributed by atoms with E-state index in [-0.39, 0.29) is 5.91 Å². The number of nitrogens with one attached hydrogen (secondary N) is 2. The van der Waals surface area contributed by atoms with E-state index in [1.165, 1.54) is 0 Å². The van der Waals surface area contributed by atoms with Crippen LogP contribution in [0.2, 0.25) is 0 Å². The first-order valence-electron chi connectivity index (χ1n) is 6.78. The average Bonchev–Trinajstić information content (AvgIpc) is 2.94. The molecule has 5 nitrogen and oxygen atoms in total. The van der Waals surface area contributed by atoms with E-state index in [2.05, 4.69) is 15.3 Å².